The third-order valence-electron chi connectivity index (χ3n) is 4.99. The Bertz CT molecular complexity index is 1130. The molecule has 9 heteroatoms. The van der Waals surface area contributed by atoms with E-state index in [9.17, 15) is 8.42 Å². The molecule has 3 aromatic rings. The number of fused-ring (bicyclic) bond motifs is 1. The molecule has 8 nitrogen and oxygen atoms in total. The van der Waals surface area contributed by atoms with Crippen molar-refractivity contribution >= 4 is 26.9 Å². The van der Waals surface area contributed by atoms with E-state index in [1.54, 1.807) is 12.3 Å². The van der Waals surface area contributed by atoms with Crippen LogP contribution in [0.15, 0.2) is 53.6 Å². The number of aromatic nitrogens is 2. The Balaban J connectivity index is 1.51. The zero-order valence-corrected chi connectivity index (χ0v) is 17.1. The maximum absolute atomic E-state index is 13.1. The van der Waals surface area contributed by atoms with E-state index in [4.69, 9.17) is 9.47 Å². The molecule has 29 heavy (non-hydrogen) atoms. The van der Waals surface area contributed by atoms with E-state index >= 15 is 0 Å². The lowest BCUT2D eigenvalue weighted by Crippen LogP contribution is -2.48. The number of ether oxygens (including phenoxy) is 2. The highest BCUT2D eigenvalue weighted by Crippen LogP contribution is 2.31. The molecule has 0 bridgehead atoms. The summed E-state index contributed by atoms with van der Waals surface area (Å²) in [5, 5.41) is 0. The summed E-state index contributed by atoms with van der Waals surface area (Å²) in [5.74, 6) is 1.64. The predicted molar refractivity (Wildman–Crippen MR) is 110 cm³/mol. The fourth-order valence-corrected chi connectivity index (χ4v) is 4.82. The molecule has 0 spiro atoms. The lowest BCUT2D eigenvalue weighted by atomic mass is 10.3. The van der Waals surface area contributed by atoms with Crippen LogP contribution in [0.4, 0.5) is 5.82 Å². The molecular weight excluding hydrogens is 392 g/mol. The predicted octanol–water partition coefficient (Wildman–Crippen LogP) is 2.16. The molecule has 0 amide bonds. The Kier molecular flexibility index (Phi) is 5.25. The number of benzene rings is 2. The number of sulfonamides is 1. The monoisotopic (exact) mass is 414 g/mol. The fourth-order valence-electron chi connectivity index (χ4n) is 3.38. The van der Waals surface area contributed by atoms with Crippen molar-refractivity contribution in [3.63, 3.8) is 0 Å². The molecule has 152 valence electrons. The second-order valence-electron chi connectivity index (χ2n) is 6.62. The van der Waals surface area contributed by atoms with Crippen LogP contribution in [0.2, 0.25) is 0 Å². The summed E-state index contributed by atoms with van der Waals surface area (Å²) in [5.41, 5.74) is 1.66. The summed E-state index contributed by atoms with van der Waals surface area (Å²) in [6.07, 6.45) is 1.74. The first-order valence-corrected chi connectivity index (χ1v) is 10.7. The molecule has 4 rings (SSSR count). The Morgan fingerprint density at radius 1 is 0.897 bits per heavy atom. The number of methoxy groups -OCH3 is 2. The van der Waals surface area contributed by atoms with Gasteiger partial charge in [-0.3, -0.25) is 4.98 Å². The van der Waals surface area contributed by atoms with E-state index in [2.05, 4.69) is 14.9 Å². The van der Waals surface area contributed by atoms with Gasteiger partial charge in [-0.25, -0.2) is 13.4 Å². The molecule has 0 radical (unpaired) electrons. The second kappa shape index (κ2) is 7.84. The van der Waals surface area contributed by atoms with Crippen molar-refractivity contribution in [2.24, 2.45) is 0 Å². The number of para-hydroxylation sites is 2. The first kappa shape index (κ1) is 19.4. The van der Waals surface area contributed by atoms with E-state index in [-0.39, 0.29) is 4.90 Å². The van der Waals surface area contributed by atoms with Gasteiger partial charge in [-0.05, 0) is 24.3 Å². The van der Waals surface area contributed by atoms with Gasteiger partial charge in [-0.1, -0.05) is 12.1 Å². The minimum atomic E-state index is -3.62. The number of hydrogen-bond acceptors (Lipinski definition) is 7. The molecule has 0 unspecified atom stereocenters. The standard InChI is InChI=1S/C20H22N4O4S/c1-27-18-8-7-15(13-19(18)28-2)29(25,26)24-11-9-23(10-12-24)20-14-21-16-5-3-4-6-17(16)22-20/h3-8,13-14H,9-12H2,1-2H3. The van der Waals surface area contributed by atoms with Crippen LogP contribution >= 0.6 is 0 Å². The summed E-state index contributed by atoms with van der Waals surface area (Å²) >= 11 is 0. The molecule has 1 fully saturated rings. The van der Waals surface area contributed by atoms with Gasteiger partial charge >= 0.3 is 0 Å². The van der Waals surface area contributed by atoms with Crippen molar-refractivity contribution < 1.29 is 17.9 Å². The Morgan fingerprint density at radius 3 is 2.28 bits per heavy atom. The first-order chi connectivity index (χ1) is 14.0. The van der Waals surface area contributed by atoms with E-state index in [0.717, 1.165) is 16.9 Å². The number of rotatable bonds is 5. The van der Waals surface area contributed by atoms with Gasteiger partial charge in [0.2, 0.25) is 10.0 Å². The summed E-state index contributed by atoms with van der Waals surface area (Å²) in [6.45, 7) is 1.81. The van der Waals surface area contributed by atoms with E-state index in [1.165, 1.54) is 30.7 Å². The molecule has 2 aromatic carbocycles. The molecule has 0 N–H and O–H groups in total. The van der Waals surface area contributed by atoms with Gasteiger partial charge in [0.05, 0.1) is 36.3 Å². The van der Waals surface area contributed by atoms with Crippen LogP contribution in [0.3, 0.4) is 0 Å². The lowest BCUT2D eigenvalue weighted by molar-refractivity contribution is 0.353. The third kappa shape index (κ3) is 3.70. The smallest absolute Gasteiger partial charge is 0.243 e. The van der Waals surface area contributed by atoms with Crippen molar-refractivity contribution in [2.45, 2.75) is 4.90 Å². The molecule has 1 aliphatic heterocycles. The van der Waals surface area contributed by atoms with Crippen LogP contribution < -0.4 is 14.4 Å². The zero-order chi connectivity index (χ0) is 20.4. The highest BCUT2D eigenvalue weighted by Gasteiger charge is 2.29. The topological polar surface area (TPSA) is 84.9 Å². The first-order valence-electron chi connectivity index (χ1n) is 9.22. The Hall–Kier alpha value is -2.91. The van der Waals surface area contributed by atoms with Crippen LogP contribution in [-0.4, -0.2) is 63.1 Å². The molecule has 1 aliphatic rings. The van der Waals surface area contributed by atoms with Gasteiger partial charge in [0.1, 0.15) is 5.82 Å². The van der Waals surface area contributed by atoms with Crippen molar-refractivity contribution in [3.8, 4) is 11.5 Å². The summed E-state index contributed by atoms with van der Waals surface area (Å²) in [4.78, 5) is 11.3. The van der Waals surface area contributed by atoms with Crippen LogP contribution in [0, 0.1) is 0 Å². The maximum Gasteiger partial charge on any atom is 0.243 e. The van der Waals surface area contributed by atoms with Gasteiger partial charge < -0.3 is 14.4 Å². The van der Waals surface area contributed by atoms with Gasteiger partial charge in [0.15, 0.2) is 11.5 Å². The molecule has 1 aromatic heterocycles. The third-order valence-corrected chi connectivity index (χ3v) is 6.89. The minimum absolute atomic E-state index is 0.189. The van der Waals surface area contributed by atoms with Crippen molar-refractivity contribution in [2.75, 3.05) is 45.3 Å². The van der Waals surface area contributed by atoms with E-state index in [1.807, 2.05) is 24.3 Å². The van der Waals surface area contributed by atoms with Gasteiger partial charge in [0, 0.05) is 32.2 Å². The number of hydrogen-bond donors (Lipinski definition) is 0. The molecule has 0 saturated carbocycles. The fraction of sp³-hybridized carbons (Fsp3) is 0.300. The van der Waals surface area contributed by atoms with Crippen molar-refractivity contribution in [1.82, 2.24) is 14.3 Å². The average molecular weight is 414 g/mol. The summed E-state index contributed by atoms with van der Waals surface area (Å²) in [7, 11) is -0.626. The van der Waals surface area contributed by atoms with Gasteiger partial charge in [-0.15, -0.1) is 0 Å². The quantitative estimate of drug-likeness (QED) is 0.632. The van der Waals surface area contributed by atoms with Crippen LogP contribution in [0.25, 0.3) is 11.0 Å². The molecule has 2 heterocycles. The Morgan fingerprint density at radius 2 is 1.59 bits per heavy atom. The van der Waals surface area contributed by atoms with Crippen molar-refractivity contribution in [3.05, 3.63) is 48.7 Å². The number of nitrogens with zero attached hydrogens (tertiary/aromatic N) is 4. The minimum Gasteiger partial charge on any atom is -0.493 e. The van der Waals surface area contributed by atoms with Crippen LogP contribution in [0.1, 0.15) is 0 Å². The maximum atomic E-state index is 13.1. The largest absolute Gasteiger partial charge is 0.493 e. The molecule has 0 aliphatic carbocycles. The van der Waals surface area contributed by atoms with Crippen LogP contribution in [0.5, 0.6) is 11.5 Å². The van der Waals surface area contributed by atoms with Crippen LogP contribution in [-0.2, 0) is 10.0 Å². The molecule has 0 atom stereocenters. The second-order valence-corrected chi connectivity index (χ2v) is 8.56. The zero-order valence-electron chi connectivity index (χ0n) is 16.3. The SMILES string of the molecule is COc1ccc(S(=O)(=O)N2CCN(c3cnc4ccccc4n3)CC2)cc1OC. The number of anilines is 1. The van der Waals surface area contributed by atoms with Crippen molar-refractivity contribution in [1.29, 1.82) is 0 Å². The Labute approximate surface area is 169 Å². The number of piperazine rings is 1. The van der Waals surface area contributed by atoms with E-state index < -0.39 is 10.0 Å². The van der Waals surface area contributed by atoms with E-state index in [0.29, 0.717) is 37.7 Å². The highest BCUT2D eigenvalue weighted by atomic mass is 32.2. The highest BCUT2D eigenvalue weighted by molar-refractivity contribution is 7.89. The normalized spacial score (nSPS) is 15.4. The molecule has 1 saturated heterocycles. The lowest BCUT2D eigenvalue weighted by Gasteiger charge is -2.34. The van der Waals surface area contributed by atoms with Gasteiger partial charge in [-0.2, -0.15) is 4.31 Å². The summed E-state index contributed by atoms with van der Waals surface area (Å²) < 4.78 is 38.0. The molecular formula is C20H22N4O4S. The van der Waals surface area contributed by atoms with Gasteiger partial charge in [0.25, 0.3) is 0 Å². The summed E-state index contributed by atoms with van der Waals surface area (Å²) in [6, 6.07) is 12.3. The average Bonchev–Trinajstić information content (AvgIpc) is 2.78.